The minimum Gasteiger partial charge on any atom is -0.477 e. The number of piperazine rings is 1. The van der Waals surface area contributed by atoms with E-state index in [0.717, 1.165) is 36.7 Å². The van der Waals surface area contributed by atoms with Gasteiger partial charge in [-0.25, -0.2) is 15.0 Å². The number of fused-ring (bicyclic) bond motifs is 1. The Morgan fingerprint density at radius 1 is 1.28 bits per heavy atom. The minimum atomic E-state index is -0.372. The number of hydrogen-bond donors (Lipinski definition) is 2. The van der Waals surface area contributed by atoms with Crippen LogP contribution in [-0.2, 0) is 0 Å². The Bertz CT molecular complexity index is 1130. The molecule has 0 bridgehead atoms. The van der Waals surface area contributed by atoms with Crippen molar-refractivity contribution in [1.29, 1.82) is 0 Å². The number of ether oxygens (including phenoxy) is 1. The van der Waals surface area contributed by atoms with Gasteiger partial charge >= 0.3 is 0 Å². The molecule has 1 fully saturated rings. The second-order valence-corrected chi connectivity index (χ2v) is 8.35. The van der Waals surface area contributed by atoms with Crippen molar-refractivity contribution in [3.8, 4) is 5.88 Å². The molecule has 1 amide bonds. The number of aryl methyl sites for hydroxylation is 2. The van der Waals surface area contributed by atoms with Crippen LogP contribution in [0.25, 0.3) is 5.65 Å². The summed E-state index contributed by atoms with van der Waals surface area (Å²) < 4.78 is 7.56. The van der Waals surface area contributed by atoms with E-state index in [1.54, 1.807) is 6.20 Å². The van der Waals surface area contributed by atoms with Crippen LogP contribution in [0.3, 0.4) is 0 Å². The second kappa shape index (κ2) is 9.07. The van der Waals surface area contributed by atoms with Crippen molar-refractivity contribution in [2.75, 3.05) is 36.5 Å². The van der Waals surface area contributed by atoms with E-state index in [1.807, 2.05) is 31.4 Å². The quantitative estimate of drug-likeness (QED) is 0.603. The maximum Gasteiger partial charge on any atom is 0.263 e. The third-order valence-electron chi connectivity index (χ3n) is 5.53. The SMILES string of the molecule is CCOc1nc(N2CCN[C@@H](C(C)C)C2)ncc1C(=O)Nc1cn2cc(C)nc2c(C)n1. The van der Waals surface area contributed by atoms with E-state index in [1.165, 1.54) is 6.20 Å². The number of rotatable bonds is 6. The molecule has 1 aliphatic rings. The second-order valence-electron chi connectivity index (χ2n) is 8.35. The first kappa shape index (κ1) is 21.9. The highest BCUT2D eigenvalue weighted by molar-refractivity contribution is 6.05. The lowest BCUT2D eigenvalue weighted by molar-refractivity contribution is 0.102. The molecule has 0 radical (unpaired) electrons. The third-order valence-corrected chi connectivity index (χ3v) is 5.53. The van der Waals surface area contributed by atoms with Crippen molar-refractivity contribution in [2.24, 2.45) is 5.92 Å². The molecular formula is C22H30N8O2. The fourth-order valence-corrected chi connectivity index (χ4v) is 3.84. The number of imidazole rings is 1. The number of carbonyl (C=O) groups is 1. The molecule has 170 valence electrons. The Labute approximate surface area is 187 Å². The highest BCUT2D eigenvalue weighted by Gasteiger charge is 2.25. The highest BCUT2D eigenvalue weighted by Crippen LogP contribution is 2.22. The van der Waals surface area contributed by atoms with Crippen molar-refractivity contribution in [3.63, 3.8) is 0 Å². The van der Waals surface area contributed by atoms with E-state index >= 15 is 0 Å². The van der Waals surface area contributed by atoms with Crippen molar-refractivity contribution < 1.29 is 9.53 Å². The van der Waals surface area contributed by atoms with Gasteiger partial charge in [-0.1, -0.05) is 13.8 Å². The van der Waals surface area contributed by atoms with Crippen molar-refractivity contribution in [1.82, 2.24) is 29.7 Å². The van der Waals surface area contributed by atoms with Crippen LogP contribution in [-0.4, -0.2) is 62.5 Å². The summed E-state index contributed by atoms with van der Waals surface area (Å²) in [5, 5.41) is 6.37. The molecule has 0 aliphatic carbocycles. The predicted octanol–water partition coefficient (Wildman–Crippen LogP) is 2.22. The number of amides is 1. The monoisotopic (exact) mass is 438 g/mol. The number of hydrogen-bond acceptors (Lipinski definition) is 8. The van der Waals surface area contributed by atoms with Gasteiger partial charge in [0.15, 0.2) is 5.65 Å². The fourth-order valence-electron chi connectivity index (χ4n) is 3.84. The minimum absolute atomic E-state index is 0.269. The van der Waals surface area contributed by atoms with Gasteiger partial charge in [-0.3, -0.25) is 4.79 Å². The normalized spacial score (nSPS) is 16.6. The topological polar surface area (TPSA) is 110 Å². The first-order chi connectivity index (χ1) is 15.4. The summed E-state index contributed by atoms with van der Waals surface area (Å²) >= 11 is 0. The van der Waals surface area contributed by atoms with E-state index in [-0.39, 0.29) is 17.4 Å². The Kier molecular flexibility index (Phi) is 6.22. The molecule has 0 saturated carbocycles. The number of anilines is 2. The molecule has 0 spiro atoms. The number of carbonyl (C=O) groups excluding carboxylic acids is 1. The summed E-state index contributed by atoms with van der Waals surface area (Å²) in [5.41, 5.74) is 2.64. The average molecular weight is 439 g/mol. The summed E-state index contributed by atoms with van der Waals surface area (Å²) in [6.45, 7) is 12.9. The summed E-state index contributed by atoms with van der Waals surface area (Å²) in [4.78, 5) is 33.1. The van der Waals surface area contributed by atoms with Crippen LogP contribution in [0.2, 0.25) is 0 Å². The standard InChI is InChI=1S/C22H30N8O2/c1-6-32-21-16(9-24-22(28-21)29-8-7-23-17(11-29)13(2)3)20(31)27-18-12-30-10-14(4)25-19(30)15(5)26-18/h9-10,12-13,17,23H,6-8,11H2,1-5H3,(H,27,31)/t17-/m1/s1. The summed E-state index contributed by atoms with van der Waals surface area (Å²) in [6, 6.07) is 0.363. The molecule has 1 aliphatic heterocycles. The summed E-state index contributed by atoms with van der Waals surface area (Å²) in [6.07, 6.45) is 5.16. The van der Waals surface area contributed by atoms with Crippen LogP contribution in [0, 0.1) is 19.8 Å². The maximum atomic E-state index is 13.0. The van der Waals surface area contributed by atoms with Crippen LogP contribution >= 0.6 is 0 Å². The van der Waals surface area contributed by atoms with Crippen molar-refractivity contribution >= 4 is 23.3 Å². The van der Waals surface area contributed by atoms with Gasteiger partial charge < -0.3 is 24.7 Å². The summed E-state index contributed by atoms with van der Waals surface area (Å²) in [7, 11) is 0. The zero-order valence-electron chi connectivity index (χ0n) is 19.2. The Morgan fingerprint density at radius 3 is 2.84 bits per heavy atom. The van der Waals surface area contributed by atoms with E-state index in [2.05, 4.69) is 49.3 Å². The number of aromatic nitrogens is 5. The van der Waals surface area contributed by atoms with Gasteiger partial charge in [-0.2, -0.15) is 4.98 Å². The molecule has 10 heteroatoms. The molecule has 1 atom stereocenters. The maximum absolute atomic E-state index is 13.0. The molecule has 1 saturated heterocycles. The Hall–Kier alpha value is -3.27. The van der Waals surface area contributed by atoms with Gasteiger partial charge in [-0.15, -0.1) is 0 Å². The van der Waals surface area contributed by atoms with Gasteiger partial charge in [0.1, 0.15) is 11.4 Å². The lowest BCUT2D eigenvalue weighted by Gasteiger charge is -2.35. The molecule has 10 nitrogen and oxygen atoms in total. The molecule has 0 aromatic carbocycles. The smallest absolute Gasteiger partial charge is 0.263 e. The zero-order valence-corrected chi connectivity index (χ0v) is 19.2. The summed E-state index contributed by atoms with van der Waals surface area (Å²) in [5.74, 6) is 1.39. The van der Waals surface area contributed by atoms with Crippen LogP contribution in [0.4, 0.5) is 11.8 Å². The lowest BCUT2D eigenvalue weighted by Crippen LogP contribution is -2.53. The Balaban J connectivity index is 1.58. The van der Waals surface area contributed by atoms with Crippen molar-refractivity contribution in [3.05, 3.63) is 35.5 Å². The highest BCUT2D eigenvalue weighted by atomic mass is 16.5. The molecule has 32 heavy (non-hydrogen) atoms. The van der Waals surface area contributed by atoms with Gasteiger partial charge in [0.05, 0.1) is 24.2 Å². The largest absolute Gasteiger partial charge is 0.477 e. The third kappa shape index (κ3) is 4.50. The van der Waals surface area contributed by atoms with E-state index in [4.69, 9.17) is 4.74 Å². The molecule has 4 rings (SSSR count). The molecule has 2 N–H and O–H groups in total. The average Bonchev–Trinajstić information content (AvgIpc) is 3.14. The van der Waals surface area contributed by atoms with Gasteiger partial charge in [0, 0.05) is 38.1 Å². The molecular weight excluding hydrogens is 408 g/mol. The van der Waals surface area contributed by atoms with Gasteiger partial charge in [-0.05, 0) is 26.7 Å². The molecule has 0 unspecified atom stereocenters. The predicted molar refractivity (Wildman–Crippen MR) is 122 cm³/mol. The fraction of sp³-hybridized carbons (Fsp3) is 0.500. The lowest BCUT2D eigenvalue weighted by atomic mass is 10.0. The Morgan fingerprint density at radius 2 is 2.09 bits per heavy atom. The zero-order chi connectivity index (χ0) is 22.8. The first-order valence-corrected chi connectivity index (χ1v) is 11.0. The number of nitrogens with one attached hydrogen (secondary N) is 2. The number of nitrogens with zero attached hydrogens (tertiary/aromatic N) is 6. The van der Waals surface area contributed by atoms with E-state index in [9.17, 15) is 4.79 Å². The first-order valence-electron chi connectivity index (χ1n) is 11.0. The van der Waals surface area contributed by atoms with E-state index in [0.29, 0.717) is 30.3 Å². The van der Waals surface area contributed by atoms with Gasteiger partial charge in [0.2, 0.25) is 11.8 Å². The van der Waals surface area contributed by atoms with Gasteiger partial charge in [0.25, 0.3) is 5.91 Å². The molecule has 3 aromatic rings. The van der Waals surface area contributed by atoms with Crippen LogP contribution in [0.5, 0.6) is 5.88 Å². The molecule has 3 aromatic heterocycles. The van der Waals surface area contributed by atoms with Crippen LogP contribution < -0.4 is 20.3 Å². The van der Waals surface area contributed by atoms with Crippen LogP contribution in [0.1, 0.15) is 42.5 Å². The van der Waals surface area contributed by atoms with E-state index < -0.39 is 0 Å². The molecule has 4 heterocycles. The van der Waals surface area contributed by atoms with Crippen molar-refractivity contribution in [2.45, 2.75) is 40.7 Å². The van der Waals surface area contributed by atoms with Crippen LogP contribution in [0.15, 0.2) is 18.6 Å².